The van der Waals surface area contributed by atoms with E-state index in [2.05, 4.69) is 76.5 Å². The van der Waals surface area contributed by atoms with Crippen LogP contribution in [0, 0.1) is 6.92 Å². The average Bonchev–Trinajstić information content (AvgIpc) is 3.25. The molecule has 0 amide bonds. The van der Waals surface area contributed by atoms with E-state index >= 15 is 0 Å². The van der Waals surface area contributed by atoms with Gasteiger partial charge in [-0.25, -0.2) is 9.98 Å². The van der Waals surface area contributed by atoms with Crippen LogP contribution in [0.5, 0.6) is 5.75 Å². The van der Waals surface area contributed by atoms with Gasteiger partial charge in [-0.1, -0.05) is 36.4 Å². The fourth-order valence-electron chi connectivity index (χ4n) is 3.21. The number of rotatable bonds is 9. The lowest BCUT2D eigenvalue weighted by molar-refractivity contribution is 0.336. The molecular formula is C24H31N5O. The van der Waals surface area contributed by atoms with Gasteiger partial charge in [0.15, 0.2) is 5.96 Å². The van der Waals surface area contributed by atoms with Gasteiger partial charge in [0.1, 0.15) is 5.75 Å². The first-order chi connectivity index (χ1) is 14.7. The summed E-state index contributed by atoms with van der Waals surface area (Å²) in [7, 11) is 0. The summed E-state index contributed by atoms with van der Waals surface area (Å²) < 4.78 is 7.85. The van der Waals surface area contributed by atoms with Gasteiger partial charge in [0.25, 0.3) is 0 Å². The second-order valence-electron chi connectivity index (χ2n) is 7.15. The van der Waals surface area contributed by atoms with Crippen LogP contribution in [0.2, 0.25) is 0 Å². The number of imidazole rings is 1. The molecular weight excluding hydrogens is 374 g/mol. The smallest absolute Gasteiger partial charge is 0.191 e. The van der Waals surface area contributed by atoms with E-state index in [9.17, 15) is 0 Å². The highest BCUT2D eigenvalue weighted by Gasteiger charge is 2.06. The Kier molecular flexibility index (Phi) is 7.89. The predicted molar refractivity (Wildman–Crippen MR) is 122 cm³/mol. The van der Waals surface area contributed by atoms with Crippen LogP contribution in [0.25, 0.3) is 0 Å². The summed E-state index contributed by atoms with van der Waals surface area (Å²) in [5.74, 6) is 1.72. The van der Waals surface area contributed by atoms with E-state index in [0.29, 0.717) is 19.7 Å². The summed E-state index contributed by atoms with van der Waals surface area (Å²) >= 11 is 0. The Morgan fingerprint density at radius 3 is 2.73 bits per heavy atom. The molecule has 0 aliphatic heterocycles. The van der Waals surface area contributed by atoms with Crippen molar-refractivity contribution < 1.29 is 4.74 Å². The summed E-state index contributed by atoms with van der Waals surface area (Å²) in [5.41, 5.74) is 4.73. The average molecular weight is 406 g/mol. The number of nitrogens with zero attached hydrogens (tertiary/aromatic N) is 3. The maximum atomic E-state index is 5.79. The zero-order chi connectivity index (χ0) is 21.2. The Labute approximate surface area is 179 Å². The Morgan fingerprint density at radius 1 is 1.10 bits per heavy atom. The van der Waals surface area contributed by atoms with Crippen LogP contribution < -0.4 is 15.4 Å². The van der Waals surface area contributed by atoms with Crippen molar-refractivity contribution in [2.45, 2.75) is 40.4 Å². The lowest BCUT2D eigenvalue weighted by Gasteiger charge is -2.15. The molecule has 0 aliphatic rings. The molecule has 2 N–H and O–H groups in total. The molecule has 6 heteroatoms. The third kappa shape index (κ3) is 6.37. The van der Waals surface area contributed by atoms with Crippen molar-refractivity contribution in [3.05, 3.63) is 83.4 Å². The molecule has 0 fully saturated rings. The maximum Gasteiger partial charge on any atom is 0.191 e. The number of ether oxygens (including phenoxy) is 1. The Hall–Kier alpha value is -3.28. The largest absolute Gasteiger partial charge is 0.494 e. The van der Waals surface area contributed by atoms with E-state index in [1.165, 1.54) is 16.7 Å². The van der Waals surface area contributed by atoms with Crippen LogP contribution >= 0.6 is 0 Å². The van der Waals surface area contributed by atoms with Crippen molar-refractivity contribution in [2.75, 3.05) is 13.2 Å². The summed E-state index contributed by atoms with van der Waals surface area (Å²) in [6, 6.07) is 14.8. The Morgan fingerprint density at radius 2 is 1.97 bits per heavy atom. The van der Waals surface area contributed by atoms with Gasteiger partial charge in [-0.15, -0.1) is 0 Å². The number of aliphatic imine (C=N–C) groups is 1. The minimum absolute atomic E-state index is 0.610. The van der Waals surface area contributed by atoms with Gasteiger partial charge in [-0.3, -0.25) is 0 Å². The number of aryl methyl sites for hydroxylation is 1. The number of nitrogens with one attached hydrogen (secondary N) is 2. The van der Waals surface area contributed by atoms with Crippen molar-refractivity contribution in [1.29, 1.82) is 0 Å². The number of hydrogen-bond acceptors (Lipinski definition) is 3. The summed E-state index contributed by atoms with van der Waals surface area (Å²) in [4.78, 5) is 8.87. The summed E-state index contributed by atoms with van der Waals surface area (Å²) in [5, 5.41) is 6.75. The van der Waals surface area contributed by atoms with E-state index in [1.54, 1.807) is 6.20 Å². The van der Waals surface area contributed by atoms with Crippen molar-refractivity contribution >= 4 is 5.96 Å². The van der Waals surface area contributed by atoms with Crippen molar-refractivity contribution in [2.24, 2.45) is 4.99 Å². The first-order valence-corrected chi connectivity index (χ1v) is 10.5. The van der Waals surface area contributed by atoms with Gasteiger partial charge >= 0.3 is 0 Å². The molecule has 158 valence electrons. The van der Waals surface area contributed by atoms with Crippen LogP contribution in [-0.2, 0) is 19.6 Å². The molecule has 6 nitrogen and oxygen atoms in total. The third-order valence-corrected chi connectivity index (χ3v) is 4.65. The molecule has 30 heavy (non-hydrogen) atoms. The minimum atomic E-state index is 0.610. The van der Waals surface area contributed by atoms with E-state index < -0.39 is 0 Å². The van der Waals surface area contributed by atoms with Crippen molar-refractivity contribution in [3.63, 3.8) is 0 Å². The molecule has 0 unspecified atom stereocenters. The molecule has 0 saturated carbocycles. The Bertz CT molecular complexity index is 950. The molecule has 1 aromatic heterocycles. The molecule has 3 aromatic rings. The lowest BCUT2D eigenvalue weighted by Crippen LogP contribution is -2.36. The first-order valence-electron chi connectivity index (χ1n) is 10.5. The molecule has 0 spiro atoms. The molecule has 0 radical (unpaired) electrons. The summed E-state index contributed by atoms with van der Waals surface area (Å²) in [6.07, 6.45) is 5.60. The standard InChI is InChI=1S/C24H31N5O/c1-4-26-24(28-16-22-10-9-19(3)13-23(22)30-5-2)27-15-20-7-6-8-21(14-20)17-29-12-11-25-18-29/h6-14,18H,4-5,15-17H2,1-3H3,(H2,26,27,28). The predicted octanol–water partition coefficient (Wildman–Crippen LogP) is 3.89. The molecule has 1 heterocycles. The fourth-order valence-corrected chi connectivity index (χ4v) is 3.21. The highest BCUT2D eigenvalue weighted by atomic mass is 16.5. The van der Waals surface area contributed by atoms with E-state index in [1.807, 2.05) is 19.4 Å². The SMILES string of the molecule is CCNC(=NCc1cccc(Cn2ccnc2)c1)NCc1ccc(C)cc1OCC. The highest BCUT2D eigenvalue weighted by molar-refractivity contribution is 5.79. The second-order valence-corrected chi connectivity index (χ2v) is 7.15. The van der Waals surface area contributed by atoms with Gasteiger partial charge in [0.05, 0.1) is 19.5 Å². The monoisotopic (exact) mass is 405 g/mol. The maximum absolute atomic E-state index is 5.79. The molecule has 2 aromatic carbocycles. The molecule has 0 saturated heterocycles. The zero-order valence-corrected chi connectivity index (χ0v) is 18.1. The third-order valence-electron chi connectivity index (χ3n) is 4.65. The Balaban J connectivity index is 1.65. The van der Waals surface area contributed by atoms with Crippen LogP contribution in [0.3, 0.4) is 0 Å². The van der Waals surface area contributed by atoms with E-state index in [0.717, 1.165) is 30.4 Å². The topological polar surface area (TPSA) is 63.5 Å². The van der Waals surface area contributed by atoms with E-state index in [4.69, 9.17) is 9.73 Å². The molecule has 0 atom stereocenters. The molecule has 3 rings (SSSR count). The van der Waals surface area contributed by atoms with Crippen LogP contribution in [0.1, 0.15) is 36.1 Å². The number of benzene rings is 2. The fraction of sp³-hybridized carbons (Fsp3) is 0.333. The van der Waals surface area contributed by atoms with E-state index in [-0.39, 0.29) is 0 Å². The van der Waals surface area contributed by atoms with Crippen molar-refractivity contribution in [1.82, 2.24) is 20.2 Å². The highest BCUT2D eigenvalue weighted by Crippen LogP contribution is 2.20. The first kappa shape index (κ1) is 21.4. The van der Waals surface area contributed by atoms with Crippen LogP contribution in [0.15, 0.2) is 66.2 Å². The minimum Gasteiger partial charge on any atom is -0.494 e. The normalized spacial score (nSPS) is 11.4. The second kappa shape index (κ2) is 11.0. The summed E-state index contributed by atoms with van der Waals surface area (Å²) in [6.45, 7) is 9.68. The molecule has 0 bridgehead atoms. The van der Waals surface area contributed by atoms with Gasteiger partial charge in [-0.05, 0) is 43.5 Å². The van der Waals surface area contributed by atoms with Crippen LogP contribution in [0.4, 0.5) is 0 Å². The number of aromatic nitrogens is 2. The lowest BCUT2D eigenvalue weighted by atomic mass is 10.1. The van der Waals surface area contributed by atoms with Gasteiger partial charge < -0.3 is 19.9 Å². The van der Waals surface area contributed by atoms with Gasteiger partial charge in [-0.2, -0.15) is 0 Å². The quantitative estimate of drug-likeness (QED) is 0.419. The zero-order valence-electron chi connectivity index (χ0n) is 18.1. The molecule has 0 aliphatic carbocycles. The van der Waals surface area contributed by atoms with Gasteiger partial charge in [0.2, 0.25) is 0 Å². The van der Waals surface area contributed by atoms with Crippen LogP contribution in [-0.4, -0.2) is 28.7 Å². The number of guanidine groups is 1. The van der Waals surface area contributed by atoms with Crippen molar-refractivity contribution in [3.8, 4) is 5.75 Å². The van der Waals surface area contributed by atoms with Gasteiger partial charge in [0, 0.05) is 37.6 Å². The number of hydrogen-bond donors (Lipinski definition) is 2.